The highest BCUT2D eigenvalue weighted by molar-refractivity contribution is 5.72. The molecule has 1 saturated heterocycles. The predicted molar refractivity (Wildman–Crippen MR) is 119 cm³/mol. The van der Waals surface area contributed by atoms with Gasteiger partial charge in [-0.15, -0.1) is 13.2 Å². The topological polar surface area (TPSA) is 31.8 Å². The Hall–Kier alpha value is -2.74. The minimum atomic E-state index is -4.66. The summed E-state index contributed by atoms with van der Waals surface area (Å²) >= 11 is 0. The number of ether oxygens (including phenoxy) is 1. The van der Waals surface area contributed by atoms with Crippen molar-refractivity contribution in [1.29, 1.82) is 0 Å². The molecule has 4 rings (SSSR count). The van der Waals surface area contributed by atoms with E-state index in [1.165, 1.54) is 12.1 Å². The van der Waals surface area contributed by atoms with E-state index in [1.807, 2.05) is 12.3 Å². The molecule has 2 aliphatic heterocycles. The summed E-state index contributed by atoms with van der Waals surface area (Å²) in [6, 6.07) is 10.6. The molecule has 8 heteroatoms. The van der Waals surface area contributed by atoms with Gasteiger partial charge in [-0.1, -0.05) is 26.0 Å². The fourth-order valence-corrected chi connectivity index (χ4v) is 4.37. The van der Waals surface area contributed by atoms with E-state index >= 15 is 0 Å². The second kappa shape index (κ2) is 9.40. The Bertz CT molecular complexity index is 922. The van der Waals surface area contributed by atoms with Gasteiger partial charge in [0.2, 0.25) is 0 Å². The Labute approximate surface area is 187 Å². The summed E-state index contributed by atoms with van der Waals surface area (Å²) in [6.45, 7) is 7.94. The summed E-state index contributed by atoms with van der Waals surface area (Å²) in [4.78, 5) is 11.6. The first kappa shape index (κ1) is 22.5. The van der Waals surface area contributed by atoms with E-state index < -0.39 is 6.36 Å². The van der Waals surface area contributed by atoms with Crippen LogP contribution in [0.1, 0.15) is 32.3 Å². The normalized spacial score (nSPS) is 17.7. The summed E-state index contributed by atoms with van der Waals surface area (Å²) in [5.74, 6) is 1.38. The van der Waals surface area contributed by atoms with Crippen LogP contribution in [0.4, 0.5) is 24.7 Å². The van der Waals surface area contributed by atoms with Gasteiger partial charge in [-0.05, 0) is 48.6 Å². The van der Waals surface area contributed by atoms with Crippen molar-refractivity contribution in [3.63, 3.8) is 0 Å². The van der Waals surface area contributed by atoms with Gasteiger partial charge in [0.15, 0.2) is 5.82 Å². The van der Waals surface area contributed by atoms with E-state index in [0.717, 1.165) is 49.5 Å². The van der Waals surface area contributed by atoms with Gasteiger partial charge >= 0.3 is 6.36 Å². The minimum Gasteiger partial charge on any atom is -0.406 e. The van der Waals surface area contributed by atoms with E-state index in [0.29, 0.717) is 18.5 Å². The number of hydrogen-bond acceptors (Lipinski definition) is 5. The average Bonchev–Trinajstić information content (AvgIpc) is 2.75. The number of hydrogen-bond donors (Lipinski definition) is 0. The van der Waals surface area contributed by atoms with Crippen LogP contribution in [-0.2, 0) is 6.54 Å². The predicted octanol–water partition coefficient (Wildman–Crippen LogP) is 5.40. The van der Waals surface area contributed by atoms with Crippen LogP contribution in [0.15, 0.2) is 55.0 Å². The molecule has 32 heavy (non-hydrogen) atoms. The maximum Gasteiger partial charge on any atom is 0.573 e. The van der Waals surface area contributed by atoms with Gasteiger partial charge < -0.3 is 14.5 Å². The molecule has 0 spiro atoms. The molecule has 0 atom stereocenters. The number of likely N-dealkylation sites (tertiary alicyclic amines) is 1. The highest BCUT2D eigenvalue weighted by atomic mass is 19.4. The summed E-state index contributed by atoms with van der Waals surface area (Å²) in [6.07, 6.45) is 3.49. The van der Waals surface area contributed by atoms with E-state index in [1.54, 1.807) is 12.1 Å². The monoisotopic (exact) mass is 446 g/mol. The van der Waals surface area contributed by atoms with Crippen molar-refractivity contribution >= 4 is 11.5 Å². The van der Waals surface area contributed by atoms with Crippen LogP contribution in [0, 0.1) is 5.92 Å². The average molecular weight is 447 g/mol. The van der Waals surface area contributed by atoms with E-state index in [4.69, 9.17) is 0 Å². The van der Waals surface area contributed by atoms with Crippen LogP contribution in [0.25, 0.3) is 0 Å². The molecule has 2 aliphatic rings. The SMILES string of the molecule is CC(C)CN1C=CN(C2CCN(Cc3ccc(OC(F)(F)F)cc3)CC2)c2ncccc21. The molecule has 0 radical (unpaired) electrons. The lowest BCUT2D eigenvalue weighted by Crippen LogP contribution is -2.44. The Kier molecular flexibility index (Phi) is 6.60. The summed E-state index contributed by atoms with van der Waals surface area (Å²) in [5, 5.41) is 0. The van der Waals surface area contributed by atoms with Crippen LogP contribution in [0.5, 0.6) is 5.75 Å². The lowest BCUT2D eigenvalue weighted by molar-refractivity contribution is -0.274. The van der Waals surface area contributed by atoms with Gasteiger partial charge in [0.05, 0.1) is 5.69 Å². The zero-order valence-corrected chi connectivity index (χ0v) is 18.4. The van der Waals surface area contributed by atoms with Gasteiger partial charge in [-0.25, -0.2) is 4.98 Å². The highest BCUT2D eigenvalue weighted by Crippen LogP contribution is 2.35. The minimum absolute atomic E-state index is 0.186. The Balaban J connectivity index is 1.35. The van der Waals surface area contributed by atoms with Crippen molar-refractivity contribution in [2.75, 3.05) is 29.4 Å². The molecule has 0 unspecified atom stereocenters. The molecule has 1 fully saturated rings. The molecule has 0 aliphatic carbocycles. The molecule has 0 amide bonds. The number of alkyl halides is 3. The van der Waals surface area contributed by atoms with E-state index in [9.17, 15) is 13.2 Å². The van der Waals surface area contributed by atoms with Crippen molar-refractivity contribution < 1.29 is 17.9 Å². The molecule has 3 heterocycles. The number of pyridine rings is 1. The summed E-state index contributed by atoms with van der Waals surface area (Å²) in [5.41, 5.74) is 2.12. The molecular weight excluding hydrogens is 417 g/mol. The first-order valence-corrected chi connectivity index (χ1v) is 11.0. The van der Waals surface area contributed by atoms with Crippen molar-refractivity contribution in [2.24, 2.45) is 5.92 Å². The molecule has 0 saturated carbocycles. The third-order valence-corrected chi connectivity index (χ3v) is 5.80. The van der Waals surface area contributed by atoms with Crippen molar-refractivity contribution in [2.45, 2.75) is 45.6 Å². The molecule has 0 bridgehead atoms. The number of aromatic nitrogens is 1. The van der Waals surface area contributed by atoms with Gasteiger partial charge in [-0.3, -0.25) is 4.90 Å². The number of rotatable bonds is 6. The largest absolute Gasteiger partial charge is 0.573 e. The van der Waals surface area contributed by atoms with Crippen LogP contribution >= 0.6 is 0 Å². The molecule has 1 aromatic carbocycles. The number of halogens is 3. The summed E-state index contributed by atoms with van der Waals surface area (Å²) in [7, 11) is 0. The van der Waals surface area contributed by atoms with Crippen LogP contribution in [0.3, 0.4) is 0 Å². The number of piperidine rings is 1. The lowest BCUT2D eigenvalue weighted by atomic mass is 10.0. The maximum atomic E-state index is 12.3. The van der Waals surface area contributed by atoms with Crippen molar-refractivity contribution in [1.82, 2.24) is 9.88 Å². The number of benzene rings is 1. The van der Waals surface area contributed by atoms with Gasteiger partial charge in [0.1, 0.15) is 5.75 Å². The number of fused-ring (bicyclic) bond motifs is 1. The Morgan fingerprint density at radius 3 is 2.44 bits per heavy atom. The van der Waals surface area contributed by atoms with Gasteiger partial charge in [-0.2, -0.15) is 0 Å². The van der Waals surface area contributed by atoms with E-state index in [2.05, 4.69) is 56.7 Å². The van der Waals surface area contributed by atoms with Crippen LogP contribution in [-0.4, -0.2) is 41.9 Å². The standard InChI is InChI=1S/C24H29F3N4O/c1-18(2)16-30-14-15-31(23-22(30)4-3-11-28-23)20-9-12-29(13-10-20)17-19-5-7-21(8-6-19)32-24(25,26)27/h3-8,11,14-15,18,20H,9-10,12-13,16-17H2,1-2H3. The Morgan fingerprint density at radius 1 is 1.06 bits per heavy atom. The second-order valence-electron chi connectivity index (χ2n) is 8.80. The van der Waals surface area contributed by atoms with Gasteiger partial charge in [0.25, 0.3) is 0 Å². The fourth-order valence-electron chi connectivity index (χ4n) is 4.37. The zero-order chi connectivity index (χ0) is 22.7. The maximum absolute atomic E-state index is 12.3. The third kappa shape index (κ3) is 5.54. The molecule has 5 nitrogen and oxygen atoms in total. The Morgan fingerprint density at radius 2 is 1.78 bits per heavy atom. The third-order valence-electron chi connectivity index (χ3n) is 5.80. The second-order valence-corrected chi connectivity index (χ2v) is 8.80. The number of nitrogens with zero attached hydrogens (tertiary/aromatic N) is 4. The van der Waals surface area contributed by atoms with Crippen LogP contribution < -0.4 is 14.5 Å². The first-order chi connectivity index (χ1) is 15.3. The molecule has 172 valence electrons. The smallest absolute Gasteiger partial charge is 0.406 e. The quantitative estimate of drug-likeness (QED) is 0.593. The van der Waals surface area contributed by atoms with Crippen LogP contribution in [0.2, 0.25) is 0 Å². The van der Waals surface area contributed by atoms with Crippen molar-refractivity contribution in [3.05, 3.63) is 60.6 Å². The highest BCUT2D eigenvalue weighted by Gasteiger charge is 2.31. The van der Waals surface area contributed by atoms with Gasteiger partial charge in [0, 0.05) is 50.8 Å². The first-order valence-electron chi connectivity index (χ1n) is 11.0. The molecular formula is C24H29F3N4O. The lowest BCUT2D eigenvalue weighted by Gasteiger charge is -2.41. The zero-order valence-electron chi connectivity index (χ0n) is 18.4. The number of anilines is 2. The summed E-state index contributed by atoms with van der Waals surface area (Å²) < 4.78 is 40.9. The van der Waals surface area contributed by atoms with Crippen molar-refractivity contribution in [3.8, 4) is 5.75 Å². The fraction of sp³-hybridized carbons (Fsp3) is 0.458. The molecule has 1 aromatic heterocycles. The van der Waals surface area contributed by atoms with E-state index in [-0.39, 0.29) is 5.75 Å². The molecule has 2 aromatic rings. The molecule has 0 N–H and O–H groups in total.